The maximum atomic E-state index is 12.5. The number of nitrogens with one attached hydrogen (secondary N) is 1. The van der Waals surface area contributed by atoms with Gasteiger partial charge in [0.05, 0.1) is 31.1 Å². The van der Waals surface area contributed by atoms with E-state index in [0.717, 1.165) is 23.7 Å². The summed E-state index contributed by atoms with van der Waals surface area (Å²) in [5.41, 5.74) is 3.10. The highest BCUT2D eigenvalue weighted by atomic mass is 16.5. The molecule has 24 heavy (non-hydrogen) atoms. The van der Waals surface area contributed by atoms with Gasteiger partial charge in [-0.05, 0) is 50.1 Å². The van der Waals surface area contributed by atoms with Gasteiger partial charge in [-0.1, -0.05) is 0 Å². The summed E-state index contributed by atoms with van der Waals surface area (Å²) in [5.74, 6) is 1.46. The smallest absolute Gasteiger partial charge is 0.322 e. The minimum Gasteiger partial charge on any atom is -0.494 e. The van der Waals surface area contributed by atoms with Crippen LogP contribution in [-0.4, -0.2) is 33.9 Å². The first-order chi connectivity index (χ1) is 11.7. The molecule has 1 aromatic carbocycles. The fraction of sp³-hybridized carbons (Fsp3) is 0.444. The second-order valence-corrected chi connectivity index (χ2v) is 6.37. The van der Waals surface area contributed by atoms with Crippen molar-refractivity contribution in [3.63, 3.8) is 0 Å². The van der Waals surface area contributed by atoms with Crippen LogP contribution in [0.3, 0.4) is 0 Å². The van der Waals surface area contributed by atoms with Crippen LogP contribution in [0.2, 0.25) is 0 Å². The van der Waals surface area contributed by atoms with Crippen LogP contribution in [0.5, 0.6) is 5.75 Å². The van der Waals surface area contributed by atoms with Gasteiger partial charge in [-0.3, -0.25) is 4.68 Å². The van der Waals surface area contributed by atoms with Crippen LogP contribution in [0, 0.1) is 0 Å². The molecule has 6 nitrogen and oxygen atoms in total. The van der Waals surface area contributed by atoms with Crippen molar-refractivity contribution in [1.82, 2.24) is 14.7 Å². The van der Waals surface area contributed by atoms with Gasteiger partial charge in [0.2, 0.25) is 0 Å². The molecule has 0 bridgehead atoms. The van der Waals surface area contributed by atoms with Crippen molar-refractivity contribution in [2.24, 2.45) is 0 Å². The molecule has 2 aromatic rings. The molecular weight excluding hydrogens is 304 g/mol. The van der Waals surface area contributed by atoms with Crippen LogP contribution in [0.4, 0.5) is 10.5 Å². The lowest BCUT2D eigenvalue weighted by Gasteiger charge is -2.27. The largest absolute Gasteiger partial charge is 0.494 e. The number of urea groups is 1. The number of rotatable bonds is 4. The molecule has 4 rings (SSSR count). The van der Waals surface area contributed by atoms with Crippen LogP contribution in [-0.2, 0) is 13.1 Å². The van der Waals surface area contributed by atoms with E-state index < -0.39 is 0 Å². The van der Waals surface area contributed by atoms with Gasteiger partial charge >= 0.3 is 6.03 Å². The highest BCUT2D eigenvalue weighted by Crippen LogP contribution is 2.39. The SMILES string of the molecule is CCOc1ccc(NC(=O)N2CCn3nc(C4CC4)cc3C2)cc1. The Hall–Kier alpha value is -2.50. The minimum absolute atomic E-state index is 0.0698. The summed E-state index contributed by atoms with van der Waals surface area (Å²) >= 11 is 0. The zero-order valence-corrected chi connectivity index (χ0v) is 13.9. The van der Waals surface area contributed by atoms with Crippen LogP contribution < -0.4 is 10.1 Å². The van der Waals surface area contributed by atoms with Crippen LogP contribution in [0.25, 0.3) is 0 Å². The predicted molar refractivity (Wildman–Crippen MR) is 91.2 cm³/mol. The Morgan fingerprint density at radius 1 is 1.29 bits per heavy atom. The van der Waals surface area contributed by atoms with E-state index in [1.165, 1.54) is 18.5 Å². The highest BCUT2D eigenvalue weighted by molar-refractivity contribution is 5.89. The second kappa shape index (κ2) is 6.19. The van der Waals surface area contributed by atoms with Gasteiger partial charge < -0.3 is 15.0 Å². The predicted octanol–water partition coefficient (Wildman–Crippen LogP) is 3.21. The van der Waals surface area contributed by atoms with Crippen molar-refractivity contribution in [3.05, 3.63) is 41.7 Å². The number of anilines is 1. The normalized spacial score (nSPS) is 16.6. The first-order valence-electron chi connectivity index (χ1n) is 8.58. The fourth-order valence-electron chi connectivity index (χ4n) is 3.04. The van der Waals surface area contributed by atoms with Crippen LogP contribution >= 0.6 is 0 Å². The lowest BCUT2D eigenvalue weighted by Crippen LogP contribution is -2.40. The summed E-state index contributed by atoms with van der Waals surface area (Å²) in [4.78, 5) is 14.3. The molecule has 2 amide bonds. The molecule has 1 aliphatic heterocycles. The van der Waals surface area contributed by atoms with Crippen molar-refractivity contribution in [2.45, 2.75) is 38.8 Å². The van der Waals surface area contributed by atoms with E-state index in [2.05, 4.69) is 16.5 Å². The summed E-state index contributed by atoms with van der Waals surface area (Å²) in [6.45, 7) is 4.64. The molecule has 6 heteroatoms. The number of carbonyl (C=O) groups is 1. The molecule has 0 radical (unpaired) electrons. The average Bonchev–Trinajstić information content (AvgIpc) is 3.35. The zero-order valence-electron chi connectivity index (χ0n) is 13.9. The van der Waals surface area contributed by atoms with Crippen LogP contribution in [0.15, 0.2) is 30.3 Å². The van der Waals surface area contributed by atoms with E-state index in [4.69, 9.17) is 4.74 Å². The number of benzene rings is 1. The average molecular weight is 326 g/mol. The second-order valence-electron chi connectivity index (χ2n) is 6.37. The van der Waals surface area contributed by atoms with Gasteiger partial charge in [0.25, 0.3) is 0 Å². The Morgan fingerprint density at radius 2 is 2.08 bits per heavy atom. The summed E-state index contributed by atoms with van der Waals surface area (Å²) < 4.78 is 7.46. The third kappa shape index (κ3) is 3.09. The lowest BCUT2D eigenvalue weighted by molar-refractivity contribution is 0.194. The Morgan fingerprint density at radius 3 is 2.79 bits per heavy atom. The van der Waals surface area contributed by atoms with E-state index in [-0.39, 0.29) is 6.03 Å². The Labute approximate surface area is 141 Å². The Bertz CT molecular complexity index is 734. The number of carbonyl (C=O) groups excluding carboxylic acids is 1. The molecular formula is C18H22N4O2. The summed E-state index contributed by atoms with van der Waals surface area (Å²) in [6.07, 6.45) is 2.50. The standard InChI is InChI=1S/C18H22N4O2/c1-2-24-16-7-5-14(6-8-16)19-18(23)21-9-10-22-15(12-21)11-17(20-22)13-3-4-13/h5-8,11,13H,2-4,9-10,12H2,1H3,(H,19,23). The fourth-order valence-corrected chi connectivity index (χ4v) is 3.04. The maximum Gasteiger partial charge on any atom is 0.322 e. The lowest BCUT2D eigenvalue weighted by atomic mass is 10.2. The maximum absolute atomic E-state index is 12.5. The van der Waals surface area contributed by atoms with Crippen LogP contribution in [0.1, 0.15) is 37.1 Å². The van der Waals surface area contributed by atoms with Crippen molar-refractivity contribution < 1.29 is 9.53 Å². The molecule has 1 aliphatic carbocycles. The number of amides is 2. The van der Waals surface area contributed by atoms with Gasteiger partial charge in [0.15, 0.2) is 0 Å². The molecule has 0 saturated heterocycles. The van der Waals surface area contributed by atoms with Gasteiger partial charge in [0, 0.05) is 18.2 Å². The van der Waals surface area contributed by atoms with E-state index >= 15 is 0 Å². The van der Waals surface area contributed by atoms with Gasteiger partial charge in [-0.2, -0.15) is 5.10 Å². The van der Waals surface area contributed by atoms with Gasteiger partial charge in [-0.25, -0.2) is 4.79 Å². The third-order valence-electron chi connectivity index (χ3n) is 4.52. The zero-order chi connectivity index (χ0) is 16.5. The molecule has 2 aliphatic rings. The van der Waals surface area contributed by atoms with E-state index in [1.807, 2.05) is 40.8 Å². The van der Waals surface area contributed by atoms with Crippen molar-refractivity contribution in [2.75, 3.05) is 18.5 Å². The molecule has 126 valence electrons. The summed E-state index contributed by atoms with van der Waals surface area (Å²) in [5, 5.41) is 7.62. The van der Waals surface area contributed by atoms with E-state index in [0.29, 0.717) is 25.6 Å². The quantitative estimate of drug-likeness (QED) is 0.938. The summed E-state index contributed by atoms with van der Waals surface area (Å²) in [7, 11) is 0. The Balaban J connectivity index is 1.39. The highest BCUT2D eigenvalue weighted by Gasteiger charge is 2.29. The van der Waals surface area contributed by atoms with E-state index in [1.54, 1.807) is 0 Å². The number of fused-ring (bicyclic) bond motifs is 1. The van der Waals surface area contributed by atoms with Crippen molar-refractivity contribution in [3.8, 4) is 5.75 Å². The van der Waals surface area contributed by atoms with Crippen molar-refractivity contribution >= 4 is 11.7 Å². The topological polar surface area (TPSA) is 59.4 Å². The Kier molecular flexibility index (Phi) is 3.88. The van der Waals surface area contributed by atoms with Gasteiger partial charge in [-0.15, -0.1) is 0 Å². The van der Waals surface area contributed by atoms with Crippen molar-refractivity contribution in [1.29, 1.82) is 0 Å². The van der Waals surface area contributed by atoms with E-state index in [9.17, 15) is 4.79 Å². The number of nitrogens with zero attached hydrogens (tertiary/aromatic N) is 3. The molecule has 0 unspecified atom stereocenters. The molecule has 1 aromatic heterocycles. The summed E-state index contributed by atoms with van der Waals surface area (Å²) in [6, 6.07) is 9.55. The number of hydrogen-bond donors (Lipinski definition) is 1. The number of ether oxygens (including phenoxy) is 1. The first-order valence-corrected chi connectivity index (χ1v) is 8.58. The molecule has 1 saturated carbocycles. The molecule has 1 N–H and O–H groups in total. The monoisotopic (exact) mass is 326 g/mol. The molecule has 2 heterocycles. The third-order valence-corrected chi connectivity index (χ3v) is 4.52. The molecule has 1 fully saturated rings. The minimum atomic E-state index is -0.0698. The van der Waals surface area contributed by atoms with Gasteiger partial charge in [0.1, 0.15) is 5.75 Å². The first kappa shape index (κ1) is 15.1. The molecule has 0 spiro atoms. The number of hydrogen-bond acceptors (Lipinski definition) is 3. The molecule has 0 atom stereocenters. The number of aromatic nitrogens is 2.